The van der Waals surface area contributed by atoms with Crippen LogP contribution in [-0.4, -0.2) is 16.7 Å². The third kappa shape index (κ3) is 4.08. The van der Waals surface area contributed by atoms with Crippen molar-refractivity contribution in [2.75, 3.05) is 0 Å². The molecule has 0 atom stereocenters. The Hall–Kier alpha value is -2.95. The molecule has 0 spiro atoms. The molecule has 0 aromatic heterocycles. The maximum absolute atomic E-state index is 13.0. The number of hydrazone groups is 1. The van der Waals surface area contributed by atoms with Crippen LogP contribution in [0.15, 0.2) is 90.0 Å². The highest BCUT2D eigenvalue weighted by atomic mass is 35.5. The molecular formula is C22H19ClN2O2. The van der Waals surface area contributed by atoms with Crippen LogP contribution in [0.2, 0.25) is 5.02 Å². The number of nitrogens with zero attached hydrogens (tertiary/aromatic N) is 1. The molecule has 0 aliphatic carbocycles. The molecule has 3 rings (SSSR count). The van der Waals surface area contributed by atoms with Crippen LogP contribution in [0.3, 0.4) is 0 Å². The van der Waals surface area contributed by atoms with Crippen LogP contribution in [-0.2, 0) is 10.4 Å². The maximum Gasteiger partial charge on any atom is 0.281 e. The van der Waals surface area contributed by atoms with E-state index < -0.39 is 11.5 Å². The van der Waals surface area contributed by atoms with Crippen LogP contribution in [0.25, 0.3) is 0 Å². The topological polar surface area (TPSA) is 61.7 Å². The van der Waals surface area contributed by atoms with Gasteiger partial charge in [0.25, 0.3) is 5.91 Å². The molecule has 0 radical (unpaired) electrons. The van der Waals surface area contributed by atoms with Crippen LogP contribution in [0.5, 0.6) is 0 Å². The van der Waals surface area contributed by atoms with Crippen molar-refractivity contribution >= 4 is 23.2 Å². The fourth-order valence-electron chi connectivity index (χ4n) is 2.76. The fourth-order valence-corrected chi connectivity index (χ4v) is 2.88. The Bertz CT molecular complexity index is 900. The van der Waals surface area contributed by atoms with E-state index in [2.05, 4.69) is 10.5 Å². The number of carbonyl (C=O) groups is 1. The second-order valence-corrected chi connectivity index (χ2v) is 6.52. The van der Waals surface area contributed by atoms with Gasteiger partial charge >= 0.3 is 0 Å². The molecule has 0 heterocycles. The van der Waals surface area contributed by atoms with Crippen molar-refractivity contribution in [3.8, 4) is 0 Å². The molecule has 27 heavy (non-hydrogen) atoms. The molecule has 1 amide bonds. The third-order valence-corrected chi connectivity index (χ3v) is 4.55. The molecule has 0 saturated heterocycles. The largest absolute Gasteiger partial charge is 0.372 e. The summed E-state index contributed by atoms with van der Waals surface area (Å²) in [7, 11) is 0. The first-order valence-corrected chi connectivity index (χ1v) is 8.83. The Labute approximate surface area is 163 Å². The summed E-state index contributed by atoms with van der Waals surface area (Å²) in [4.78, 5) is 13.0. The maximum atomic E-state index is 13.0. The lowest BCUT2D eigenvalue weighted by molar-refractivity contribution is -0.136. The van der Waals surface area contributed by atoms with Gasteiger partial charge in [-0.15, -0.1) is 0 Å². The van der Waals surface area contributed by atoms with Crippen LogP contribution >= 0.6 is 11.6 Å². The van der Waals surface area contributed by atoms with Crippen molar-refractivity contribution in [3.63, 3.8) is 0 Å². The van der Waals surface area contributed by atoms with E-state index in [1.54, 1.807) is 67.6 Å². The van der Waals surface area contributed by atoms with E-state index in [-0.39, 0.29) is 0 Å². The Morgan fingerprint density at radius 1 is 0.889 bits per heavy atom. The number of nitrogens with one attached hydrogen (secondary N) is 1. The van der Waals surface area contributed by atoms with E-state index in [1.165, 1.54) is 0 Å². The SMILES string of the molecule is C/C(=N/NC(=O)C(O)(c1ccccc1)c1ccccc1)c1ccc(Cl)cc1. The average molecular weight is 379 g/mol. The van der Waals surface area contributed by atoms with Crippen molar-refractivity contribution in [2.24, 2.45) is 5.10 Å². The molecule has 0 aliphatic rings. The summed E-state index contributed by atoms with van der Waals surface area (Å²) in [6, 6.07) is 24.7. The average Bonchev–Trinajstić information content (AvgIpc) is 2.73. The molecule has 3 aromatic rings. The molecule has 0 bridgehead atoms. The van der Waals surface area contributed by atoms with Crippen LogP contribution < -0.4 is 5.43 Å². The van der Waals surface area contributed by atoms with E-state index in [0.29, 0.717) is 21.9 Å². The van der Waals surface area contributed by atoms with Gasteiger partial charge in [-0.2, -0.15) is 5.10 Å². The minimum Gasteiger partial charge on any atom is -0.372 e. The van der Waals surface area contributed by atoms with Gasteiger partial charge in [0.15, 0.2) is 5.60 Å². The first-order chi connectivity index (χ1) is 13.0. The number of benzene rings is 3. The molecule has 5 heteroatoms. The monoisotopic (exact) mass is 378 g/mol. The molecule has 2 N–H and O–H groups in total. The van der Waals surface area contributed by atoms with Crippen molar-refractivity contribution in [2.45, 2.75) is 12.5 Å². The number of hydrogen-bond donors (Lipinski definition) is 2. The zero-order chi connectivity index (χ0) is 19.3. The Morgan fingerprint density at radius 2 is 1.37 bits per heavy atom. The van der Waals surface area contributed by atoms with Gasteiger partial charge < -0.3 is 5.11 Å². The van der Waals surface area contributed by atoms with E-state index in [4.69, 9.17) is 11.6 Å². The molecule has 0 saturated carbocycles. The lowest BCUT2D eigenvalue weighted by Crippen LogP contribution is -2.43. The highest BCUT2D eigenvalue weighted by Gasteiger charge is 2.39. The first kappa shape index (κ1) is 18.8. The first-order valence-electron chi connectivity index (χ1n) is 8.46. The molecule has 136 valence electrons. The van der Waals surface area contributed by atoms with E-state index in [1.807, 2.05) is 24.3 Å². The van der Waals surface area contributed by atoms with Gasteiger partial charge in [0.1, 0.15) is 0 Å². The van der Waals surface area contributed by atoms with E-state index in [9.17, 15) is 9.90 Å². The summed E-state index contributed by atoms with van der Waals surface area (Å²) >= 11 is 5.90. The minimum absolute atomic E-state index is 0.466. The predicted molar refractivity (Wildman–Crippen MR) is 108 cm³/mol. The molecule has 3 aromatic carbocycles. The quantitative estimate of drug-likeness (QED) is 0.518. The van der Waals surface area contributed by atoms with Gasteiger partial charge in [-0.1, -0.05) is 84.4 Å². The number of carbonyl (C=O) groups excluding carboxylic acids is 1. The molecular weight excluding hydrogens is 360 g/mol. The molecule has 0 aliphatic heterocycles. The van der Waals surface area contributed by atoms with Gasteiger partial charge in [-0.25, -0.2) is 5.43 Å². The summed E-state index contributed by atoms with van der Waals surface area (Å²) in [5, 5.41) is 16.1. The zero-order valence-corrected chi connectivity index (χ0v) is 15.5. The smallest absolute Gasteiger partial charge is 0.281 e. The Kier molecular flexibility index (Phi) is 5.69. The minimum atomic E-state index is -1.85. The summed E-state index contributed by atoms with van der Waals surface area (Å²) in [6.45, 7) is 1.77. The summed E-state index contributed by atoms with van der Waals surface area (Å²) in [6.07, 6.45) is 0. The summed E-state index contributed by atoms with van der Waals surface area (Å²) in [5.74, 6) is -0.631. The second kappa shape index (κ2) is 8.16. The zero-order valence-electron chi connectivity index (χ0n) is 14.8. The fraction of sp³-hybridized carbons (Fsp3) is 0.0909. The lowest BCUT2D eigenvalue weighted by atomic mass is 9.85. The van der Waals surface area contributed by atoms with Gasteiger partial charge in [0.05, 0.1) is 5.71 Å². The van der Waals surface area contributed by atoms with Crippen molar-refractivity contribution in [1.82, 2.24) is 5.43 Å². The summed E-state index contributed by atoms with van der Waals surface area (Å²) < 4.78 is 0. The van der Waals surface area contributed by atoms with E-state index in [0.717, 1.165) is 5.56 Å². The summed E-state index contributed by atoms with van der Waals surface area (Å²) in [5.41, 5.74) is 3.00. The second-order valence-electron chi connectivity index (χ2n) is 6.09. The Morgan fingerprint density at radius 3 is 1.85 bits per heavy atom. The molecule has 0 unspecified atom stereocenters. The standard InChI is InChI=1S/C22H19ClN2O2/c1-16(17-12-14-20(23)15-13-17)24-25-21(26)22(27,18-8-4-2-5-9-18)19-10-6-3-7-11-19/h2-15,27H,1H3,(H,25,26)/b24-16-. The van der Waals surface area contributed by atoms with Crippen molar-refractivity contribution in [1.29, 1.82) is 0 Å². The predicted octanol–water partition coefficient (Wildman–Crippen LogP) is 4.12. The van der Waals surface area contributed by atoms with Crippen LogP contribution in [0.4, 0.5) is 0 Å². The number of halogens is 1. The van der Waals surface area contributed by atoms with Gasteiger partial charge in [-0.05, 0) is 35.7 Å². The number of amides is 1. The Balaban J connectivity index is 1.92. The third-order valence-electron chi connectivity index (χ3n) is 4.30. The normalized spacial score (nSPS) is 11.9. The van der Waals surface area contributed by atoms with Crippen LogP contribution in [0, 0.1) is 0 Å². The van der Waals surface area contributed by atoms with Gasteiger partial charge in [-0.3, -0.25) is 4.79 Å². The molecule has 4 nitrogen and oxygen atoms in total. The van der Waals surface area contributed by atoms with E-state index >= 15 is 0 Å². The van der Waals surface area contributed by atoms with Gasteiger partial charge in [0.2, 0.25) is 0 Å². The lowest BCUT2D eigenvalue weighted by Gasteiger charge is -2.27. The van der Waals surface area contributed by atoms with Crippen molar-refractivity contribution in [3.05, 3.63) is 107 Å². The number of hydrogen-bond acceptors (Lipinski definition) is 3. The number of rotatable bonds is 5. The highest BCUT2D eigenvalue weighted by molar-refractivity contribution is 6.30. The highest BCUT2D eigenvalue weighted by Crippen LogP contribution is 2.29. The van der Waals surface area contributed by atoms with Gasteiger partial charge in [0, 0.05) is 5.02 Å². The molecule has 0 fully saturated rings. The van der Waals surface area contributed by atoms with Crippen molar-refractivity contribution < 1.29 is 9.90 Å². The number of aliphatic hydroxyl groups is 1. The van der Waals surface area contributed by atoms with Crippen LogP contribution in [0.1, 0.15) is 23.6 Å².